The van der Waals surface area contributed by atoms with Crippen LogP contribution in [0, 0.1) is 5.82 Å². The van der Waals surface area contributed by atoms with Gasteiger partial charge >= 0.3 is 0 Å². The average molecular weight is 326 g/mol. The Hall–Kier alpha value is -1.75. The molecule has 0 saturated heterocycles. The van der Waals surface area contributed by atoms with Crippen LogP contribution >= 0.6 is 15.9 Å². The van der Waals surface area contributed by atoms with Crippen molar-refractivity contribution in [3.63, 3.8) is 0 Å². The first-order valence-corrected chi connectivity index (χ1v) is 6.39. The smallest absolute Gasteiger partial charge is 0.141 e. The molecule has 3 nitrogen and oxygen atoms in total. The van der Waals surface area contributed by atoms with Crippen LogP contribution in [0.4, 0.5) is 10.1 Å². The molecule has 0 saturated carbocycles. The van der Waals surface area contributed by atoms with Gasteiger partial charge in [-0.05, 0) is 45.8 Å². The van der Waals surface area contributed by atoms with Crippen LogP contribution in [0.1, 0.15) is 5.56 Å². The summed E-state index contributed by atoms with van der Waals surface area (Å²) in [5, 5.41) is 0. The SMILES string of the molecule is COc1cc(N)cc(COc2ccc(Br)c(F)c2)c1. The van der Waals surface area contributed by atoms with Crippen LogP contribution in [-0.4, -0.2) is 7.11 Å². The number of benzene rings is 2. The molecule has 2 aromatic rings. The highest BCUT2D eigenvalue weighted by Gasteiger charge is 2.03. The van der Waals surface area contributed by atoms with E-state index in [1.807, 2.05) is 6.07 Å². The van der Waals surface area contributed by atoms with E-state index in [2.05, 4.69) is 15.9 Å². The third-order valence-corrected chi connectivity index (χ3v) is 3.16. The second-order valence-electron chi connectivity index (χ2n) is 3.98. The largest absolute Gasteiger partial charge is 0.497 e. The predicted octanol–water partition coefficient (Wildman–Crippen LogP) is 3.76. The summed E-state index contributed by atoms with van der Waals surface area (Å²) in [6, 6.07) is 9.96. The fourth-order valence-electron chi connectivity index (χ4n) is 1.62. The van der Waals surface area contributed by atoms with Gasteiger partial charge in [0.25, 0.3) is 0 Å². The van der Waals surface area contributed by atoms with Gasteiger partial charge in [0.05, 0.1) is 11.6 Å². The van der Waals surface area contributed by atoms with Crippen LogP contribution in [-0.2, 0) is 6.61 Å². The van der Waals surface area contributed by atoms with E-state index in [0.717, 1.165) is 5.56 Å². The normalized spacial score (nSPS) is 10.3. The van der Waals surface area contributed by atoms with Gasteiger partial charge in [-0.1, -0.05) is 0 Å². The zero-order valence-electron chi connectivity index (χ0n) is 10.3. The van der Waals surface area contributed by atoms with Crippen molar-refractivity contribution in [2.24, 2.45) is 0 Å². The van der Waals surface area contributed by atoms with Gasteiger partial charge in [-0.2, -0.15) is 0 Å². The van der Waals surface area contributed by atoms with Gasteiger partial charge in [0, 0.05) is 17.8 Å². The number of halogens is 2. The Kier molecular flexibility index (Phi) is 4.27. The maximum absolute atomic E-state index is 13.3. The Morgan fingerprint density at radius 2 is 1.95 bits per heavy atom. The third kappa shape index (κ3) is 3.61. The monoisotopic (exact) mass is 325 g/mol. The molecule has 2 rings (SSSR count). The van der Waals surface area contributed by atoms with Gasteiger partial charge in [-0.15, -0.1) is 0 Å². The third-order valence-electron chi connectivity index (χ3n) is 2.52. The quantitative estimate of drug-likeness (QED) is 0.870. The maximum Gasteiger partial charge on any atom is 0.141 e. The van der Waals surface area contributed by atoms with E-state index in [-0.39, 0.29) is 5.82 Å². The highest BCUT2D eigenvalue weighted by atomic mass is 79.9. The molecule has 100 valence electrons. The summed E-state index contributed by atoms with van der Waals surface area (Å²) in [6.07, 6.45) is 0. The molecule has 0 fully saturated rings. The summed E-state index contributed by atoms with van der Waals surface area (Å²) in [4.78, 5) is 0. The van der Waals surface area contributed by atoms with Crippen molar-refractivity contribution in [3.8, 4) is 11.5 Å². The topological polar surface area (TPSA) is 44.5 Å². The Balaban J connectivity index is 2.09. The second kappa shape index (κ2) is 5.93. The molecule has 0 aliphatic heterocycles. The summed E-state index contributed by atoms with van der Waals surface area (Å²) in [6.45, 7) is 0.294. The zero-order chi connectivity index (χ0) is 13.8. The van der Waals surface area contributed by atoms with Crippen molar-refractivity contribution in [2.45, 2.75) is 6.61 Å². The molecule has 2 aromatic carbocycles. The molecular formula is C14H13BrFNO2. The summed E-state index contributed by atoms with van der Waals surface area (Å²) in [5.74, 6) is 0.769. The van der Waals surface area contributed by atoms with Crippen LogP contribution in [0.2, 0.25) is 0 Å². The molecule has 0 atom stereocenters. The Bertz CT molecular complexity index is 590. The fraction of sp³-hybridized carbons (Fsp3) is 0.143. The van der Waals surface area contributed by atoms with E-state index >= 15 is 0 Å². The van der Waals surface area contributed by atoms with Crippen molar-refractivity contribution >= 4 is 21.6 Å². The van der Waals surface area contributed by atoms with Crippen molar-refractivity contribution in [3.05, 3.63) is 52.3 Å². The lowest BCUT2D eigenvalue weighted by atomic mass is 10.2. The number of anilines is 1. The Morgan fingerprint density at radius 3 is 2.63 bits per heavy atom. The number of methoxy groups -OCH3 is 1. The molecular weight excluding hydrogens is 313 g/mol. The van der Waals surface area contributed by atoms with E-state index in [0.29, 0.717) is 28.3 Å². The molecule has 0 unspecified atom stereocenters. The van der Waals surface area contributed by atoms with Crippen molar-refractivity contribution < 1.29 is 13.9 Å². The second-order valence-corrected chi connectivity index (χ2v) is 4.83. The van der Waals surface area contributed by atoms with E-state index in [1.165, 1.54) is 6.07 Å². The zero-order valence-corrected chi connectivity index (χ0v) is 11.9. The highest BCUT2D eigenvalue weighted by Crippen LogP contribution is 2.23. The van der Waals surface area contributed by atoms with Gasteiger partial charge in [0.2, 0.25) is 0 Å². The number of hydrogen-bond acceptors (Lipinski definition) is 3. The molecule has 2 N–H and O–H groups in total. The van der Waals surface area contributed by atoms with Crippen LogP contribution in [0.3, 0.4) is 0 Å². The molecule has 0 radical (unpaired) electrons. The minimum absolute atomic E-state index is 0.294. The van der Waals surface area contributed by atoms with E-state index in [1.54, 1.807) is 31.4 Å². The van der Waals surface area contributed by atoms with Gasteiger partial charge in [0.15, 0.2) is 0 Å². The molecule has 0 spiro atoms. The first kappa shape index (κ1) is 13.7. The first-order valence-electron chi connectivity index (χ1n) is 5.60. The van der Waals surface area contributed by atoms with Crippen LogP contribution < -0.4 is 15.2 Å². The molecule has 0 heterocycles. The number of ether oxygens (including phenoxy) is 2. The Morgan fingerprint density at radius 1 is 1.16 bits per heavy atom. The number of rotatable bonds is 4. The van der Waals surface area contributed by atoms with Crippen molar-refractivity contribution in [1.29, 1.82) is 0 Å². The molecule has 0 aromatic heterocycles. The van der Waals surface area contributed by atoms with Crippen molar-refractivity contribution in [1.82, 2.24) is 0 Å². The highest BCUT2D eigenvalue weighted by molar-refractivity contribution is 9.10. The van der Waals surface area contributed by atoms with Gasteiger partial charge < -0.3 is 15.2 Å². The predicted molar refractivity (Wildman–Crippen MR) is 75.8 cm³/mol. The first-order chi connectivity index (χ1) is 9.08. The summed E-state index contributed by atoms with van der Waals surface area (Å²) < 4.78 is 24.4. The molecule has 0 aliphatic rings. The van der Waals surface area contributed by atoms with Crippen LogP contribution in [0.25, 0.3) is 0 Å². The van der Waals surface area contributed by atoms with Gasteiger partial charge in [0.1, 0.15) is 23.9 Å². The minimum Gasteiger partial charge on any atom is -0.497 e. The Labute approximate surface area is 119 Å². The van der Waals surface area contributed by atoms with E-state index < -0.39 is 0 Å². The fourth-order valence-corrected chi connectivity index (χ4v) is 1.87. The lowest BCUT2D eigenvalue weighted by Crippen LogP contribution is -1.98. The van der Waals surface area contributed by atoms with Gasteiger partial charge in [-0.3, -0.25) is 0 Å². The molecule has 0 aliphatic carbocycles. The average Bonchev–Trinajstić information content (AvgIpc) is 2.39. The summed E-state index contributed by atoms with van der Waals surface area (Å²) >= 11 is 3.09. The number of nitrogens with two attached hydrogens (primary N) is 1. The summed E-state index contributed by atoms with van der Waals surface area (Å²) in [5.41, 5.74) is 7.20. The number of hydrogen-bond donors (Lipinski definition) is 1. The lowest BCUT2D eigenvalue weighted by molar-refractivity contribution is 0.303. The minimum atomic E-state index is -0.359. The van der Waals surface area contributed by atoms with Crippen molar-refractivity contribution in [2.75, 3.05) is 12.8 Å². The summed E-state index contributed by atoms with van der Waals surface area (Å²) in [7, 11) is 1.57. The maximum atomic E-state index is 13.3. The van der Waals surface area contributed by atoms with Crippen LogP contribution in [0.15, 0.2) is 40.9 Å². The van der Waals surface area contributed by atoms with Crippen LogP contribution in [0.5, 0.6) is 11.5 Å². The molecule has 0 bridgehead atoms. The molecule has 19 heavy (non-hydrogen) atoms. The standard InChI is InChI=1S/C14H13BrFNO2/c1-18-12-5-9(4-10(17)6-12)8-19-11-2-3-13(15)14(16)7-11/h2-7H,8,17H2,1H3. The molecule has 5 heteroatoms. The lowest BCUT2D eigenvalue weighted by Gasteiger charge is -2.09. The number of nitrogen functional groups attached to an aromatic ring is 1. The van der Waals surface area contributed by atoms with E-state index in [4.69, 9.17) is 15.2 Å². The molecule has 0 amide bonds. The van der Waals surface area contributed by atoms with Gasteiger partial charge in [-0.25, -0.2) is 4.39 Å². The van der Waals surface area contributed by atoms with E-state index in [9.17, 15) is 4.39 Å².